The summed E-state index contributed by atoms with van der Waals surface area (Å²) in [5.41, 5.74) is 5.90. The summed E-state index contributed by atoms with van der Waals surface area (Å²) in [6, 6.07) is 1.08. The molecule has 1 saturated heterocycles. The summed E-state index contributed by atoms with van der Waals surface area (Å²) >= 11 is 0. The molecule has 98 valence electrons. The first kappa shape index (κ1) is 13.1. The van der Waals surface area contributed by atoms with Crippen LogP contribution >= 0.6 is 0 Å². The first-order valence-corrected chi connectivity index (χ1v) is 7.05. The molecule has 0 saturated carbocycles. The van der Waals surface area contributed by atoms with Crippen molar-refractivity contribution in [3.63, 3.8) is 0 Å². The number of rotatable bonds is 4. The van der Waals surface area contributed by atoms with E-state index in [1.165, 1.54) is 39.0 Å². The quantitative estimate of drug-likeness (QED) is 0.748. The van der Waals surface area contributed by atoms with Gasteiger partial charge in [0.15, 0.2) is 0 Å². The van der Waals surface area contributed by atoms with Crippen LogP contribution in [0.3, 0.4) is 0 Å². The van der Waals surface area contributed by atoms with Crippen LogP contribution in [0.4, 0.5) is 0 Å². The highest BCUT2D eigenvalue weighted by Crippen LogP contribution is 2.21. The molecular weight excluding hydrogens is 210 g/mol. The van der Waals surface area contributed by atoms with Gasteiger partial charge in [0.1, 0.15) is 0 Å². The first-order chi connectivity index (χ1) is 8.19. The highest BCUT2D eigenvalue weighted by molar-refractivity contribution is 5.05. The zero-order valence-corrected chi connectivity index (χ0v) is 11.3. The van der Waals surface area contributed by atoms with Gasteiger partial charge in [0.25, 0.3) is 0 Å². The van der Waals surface area contributed by atoms with E-state index in [0.717, 1.165) is 12.5 Å². The number of nitrogens with zero attached hydrogens (tertiary/aromatic N) is 2. The SMILES string of the molecule is CCN1CCC(N(C)CC2C=CC(N)C2)CC1. The molecule has 2 N–H and O–H groups in total. The summed E-state index contributed by atoms with van der Waals surface area (Å²) in [5.74, 6) is 0.680. The van der Waals surface area contributed by atoms with Crippen LogP contribution in [0.15, 0.2) is 12.2 Å². The first-order valence-electron chi connectivity index (χ1n) is 7.05. The second kappa shape index (κ2) is 5.98. The Balaban J connectivity index is 1.73. The van der Waals surface area contributed by atoms with Gasteiger partial charge in [0.05, 0.1) is 0 Å². The lowest BCUT2D eigenvalue weighted by molar-refractivity contribution is 0.123. The normalized spacial score (nSPS) is 31.5. The van der Waals surface area contributed by atoms with Crippen LogP contribution in [0.1, 0.15) is 26.2 Å². The average Bonchev–Trinajstić information content (AvgIpc) is 2.75. The molecule has 2 atom stereocenters. The zero-order chi connectivity index (χ0) is 12.3. The lowest BCUT2D eigenvalue weighted by Crippen LogP contribution is -2.44. The van der Waals surface area contributed by atoms with Crippen molar-refractivity contribution in [2.24, 2.45) is 11.7 Å². The summed E-state index contributed by atoms with van der Waals surface area (Å²) in [4.78, 5) is 5.11. The van der Waals surface area contributed by atoms with Crippen LogP contribution < -0.4 is 5.73 Å². The molecule has 1 fully saturated rings. The highest BCUT2D eigenvalue weighted by Gasteiger charge is 2.24. The van der Waals surface area contributed by atoms with Gasteiger partial charge in [-0.05, 0) is 51.9 Å². The molecular formula is C14H27N3. The molecule has 1 aliphatic heterocycles. The van der Waals surface area contributed by atoms with Crippen molar-refractivity contribution in [3.8, 4) is 0 Å². The number of nitrogens with two attached hydrogens (primary N) is 1. The maximum Gasteiger partial charge on any atom is 0.0229 e. The maximum atomic E-state index is 5.90. The average molecular weight is 237 g/mol. The standard InChI is InChI=1S/C14H27N3/c1-3-17-8-6-14(7-9-17)16(2)11-12-4-5-13(15)10-12/h4-5,12-14H,3,6-11,15H2,1-2H3. The molecule has 1 heterocycles. The van der Waals surface area contributed by atoms with Crippen molar-refractivity contribution < 1.29 is 0 Å². The molecule has 2 rings (SSSR count). The number of hydrogen-bond donors (Lipinski definition) is 1. The third kappa shape index (κ3) is 3.54. The van der Waals surface area contributed by atoms with Gasteiger partial charge < -0.3 is 15.5 Å². The summed E-state index contributed by atoms with van der Waals surface area (Å²) in [7, 11) is 2.28. The Kier molecular flexibility index (Phi) is 4.60. The van der Waals surface area contributed by atoms with Crippen LogP contribution in [0.25, 0.3) is 0 Å². The summed E-state index contributed by atoms with van der Waals surface area (Å²) < 4.78 is 0. The fraction of sp³-hybridized carbons (Fsp3) is 0.857. The fourth-order valence-electron chi connectivity index (χ4n) is 3.14. The van der Waals surface area contributed by atoms with Gasteiger partial charge >= 0.3 is 0 Å². The van der Waals surface area contributed by atoms with Crippen molar-refractivity contribution in [3.05, 3.63) is 12.2 Å². The van der Waals surface area contributed by atoms with E-state index in [9.17, 15) is 0 Å². The predicted molar refractivity (Wildman–Crippen MR) is 73.0 cm³/mol. The predicted octanol–water partition coefficient (Wildman–Crippen LogP) is 1.31. The molecule has 2 aliphatic rings. The third-order valence-electron chi connectivity index (χ3n) is 4.36. The molecule has 0 spiro atoms. The van der Waals surface area contributed by atoms with Gasteiger partial charge in [0.2, 0.25) is 0 Å². The minimum atomic E-state index is 0.301. The van der Waals surface area contributed by atoms with E-state index in [1.807, 2.05) is 0 Å². The van der Waals surface area contributed by atoms with Crippen LogP contribution in [0.5, 0.6) is 0 Å². The van der Waals surface area contributed by atoms with Crippen molar-refractivity contribution in [1.82, 2.24) is 9.80 Å². The van der Waals surface area contributed by atoms with Crippen LogP contribution in [-0.2, 0) is 0 Å². The lowest BCUT2D eigenvalue weighted by atomic mass is 10.0. The van der Waals surface area contributed by atoms with Crippen LogP contribution in [-0.4, -0.2) is 55.1 Å². The molecule has 0 aromatic heterocycles. The molecule has 0 aromatic carbocycles. The van der Waals surface area contributed by atoms with Gasteiger partial charge in [0, 0.05) is 18.6 Å². The second-order valence-electron chi connectivity index (χ2n) is 5.65. The van der Waals surface area contributed by atoms with Gasteiger partial charge in [-0.3, -0.25) is 0 Å². The molecule has 0 bridgehead atoms. The monoisotopic (exact) mass is 237 g/mol. The lowest BCUT2D eigenvalue weighted by Gasteiger charge is -2.37. The zero-order valence-electron chi connectivity index (χ0n) is 11.3. The summed E-state index contributed by atoms with van der Waals surface area (Å²) in [6.07, 6.45) is 8.26. The van der Waals surface area contributed by atoms with Gasteiger partial charge in [-0.2, -0.15) is 0 Å². The Bertz CT molecular complexity index is 256. The van der Waals surface area contributed by atoms with E-state index >= 15 is 0 Å². The van der Waals surface area contributed by atoms with E-state index in [0.29, 0.717) is 12.0 Å². The molecule has 1 aliphatic carbocycles. The maximum absolute atomic E-state index is 5.90. The minimum absolute atomic E-state index is 0.301. The van der Waals surface area contributed by atoms with Crippen molar-refractivity contribution in [2.45, 2.75) is 38.3 Å². The Morgan fingerprint density at radius 2 is 2.00 bits per heavy atom. The molecule has 17 heavy (non-hydrogen) atoms. The molecule has 3 nitrogen and oxygen atoms in total. The van der Waals surface area contributed by atoms with E-state index in [-0.39, 0.29) is 0 Å². The van der Waals surface area contributed by atoms with Crippen molar-refractivity contribution in [2.75, 3.05) is 33.2 Å². The fourth-order valence-corrected chi connectivity index (χ4v) is 3.14. The van der Waals surface area contributed by atoms with Gasteiger partial charge in [-0.25, -0.2) is 0 Å². The summed E-state index contributed by atoms with van der Waals surface area (Å²) in [5, 5.41) is 0. The van der Waals surface area contributed by atoms with E-state index in [2.05, 4.69) is 35.9 Å². The Labute approximate surface area is 106 Å². The van der Waals surface area contributed by atoms with Crippen LogP contribution in [0.2, 0.25) is 0 Å². The van der Waals surface area contributed by atoms with Crippen LogP contribution in [0, 0.1) is 5.92 Å². The van der Waals surface area contributed by atoms with E-state index in [1.54, 1.807) is 0 Å². The Morgan fingerprint density at radius 3 is 2.53 bits per heavy atom. The van der Waals surface area contributed by atoms with Crippen molar-refractivity contribution in [1.29, 1.82) is 0 Å². The Morgan fingerprint density at radius 1 is 1.29 bits per heavy atom. The smallest absolute Gasteiger partial charge is 0.0229 e. The number of likely N-dealkylation sites (tertiary alicyclic amines) is 1. The van der Waals surface area contributed by atoms with Crippen molar-refractivity contribution >= 4 is 0 Å². The Hall–Kier alpha value is -0.380. The largest absolute Gasteiger partial charge is 0.324 e. The molecule has 0 radical (unpaired) electrons. The molecule has 3 heteroatoms. The second-order valence-corrected chi connectivity index (χ2v) is 5.65. The molecule has 0 aromatic rings. The topological polar surface area (TPSA) is 32.5 Å². The third-order valence-corrected chi connectivity index (χ3v) is 4.36. The summed E-state index contributed by atoms with van der Waals surface area (Å²) in [6.45, 7) is 7.18. The van der Waals surface area contributed by atoms with E-state index in [4.69, 9.17) is 5.73 Å². The number of piperidine rings is 1. The van der Waals surface area contributed by atoms with E-state index < -0.39 is 0 Å². The number of hydrogen-bond acceptors (Lipinski definition) is 3. The van der Waals surface area contributed by atoms with Gasteiger partial charge in [-0.15, -0.1) is 0 Å². The highest BCUT2D eigenvalue weighted by atomic mass is 15.2. The molecule has 2 unspecified atom stereocenters. The van der Waals surface area contributed by atoms with Gasteiger partial charge in [-0.1, -0.05) is 19.1 Å². The molecule has 0 amide bonds. The minimum Gasteiger partial charge on any atom is -0.324 e.